The Labute approximate surface area is 193 Å². The van der Waals surface area contributed by atoms with Gasteiger partial charge in [-0.25, -0.2) is 4.79 Å². The monoisotopic (exact) mass is 450 g/mol. The first kappa shape index (κ1) is 22.8. The van der Waals surface area contributed by atoms with Crippen molar-refractivity contribution in [1.82, 2.24) is 10.6 Å². The van der Waals surface area contributed by atoms with E-state index in [1.807, 2.05) is 38.1 Å². The van der Waals surface area contributed by atoms with E-state index in [1.54, 1.807) is 0 Å². The molecule has 4 rings (SSSR count). The zero-order chi connectivity index (χ0) is 23.5. The van der Waals surface area contributed by atoms with E-state index < -0.39 is 12.1 Å². The molecular formula is C26H30N2O5. The fourth-order valence-electron chi connectivity index (χ4n) is 4.54. The van der Waals surface area contributed by atoms with Crippen LogP contribution in [0.5, 0.6) is 0 Å². The highest BCUT2D eigenvalue weighted by Crippen LogP contribution is 2.44. The quantitative estimate of drug-likeness (QED) is 0.539. The molecule has 2 aromatic rings. The molecule has 174 valence electrons. The highest BCUT2D eigenvalue weighted by molar-refractivity contribution is 5.80. The second-order valence-corrected chi connectivity index (χ2v) is 9.27. The Morgan fingerprint density at radius 3 is 2.18 bits per heavy atom. The van der Waals surface area contributed by atoms with Crippen LogP contribution in [0.1, 0.15) is 43.7 Å². The zero-order valence-electron chi connectivity index (χ0n) is 18.9. The van der Waals surface area contributed by atoms with E-state index in [1.165, 1.54) is 11.1 Å². The van der Waals surface area contributed by atoms with E-state index in [2.05, 4.69) is 34.9 Å². The minimum absolute atomic E-state index is 0.000888. The van der Waals surface area contributed by atoms with Gasteiger partial charge < -0.3 is 20.5 Å². The third-order valence-corrected chi connectivity index (χ3v) is 6.66. The van der Waals surface area contributed by atoms with Crippen LogP contribution < -0.4 is 10.6 Å². The summed E-state index contributed by atoms with van der Waals surface area (Å²) in [6.45, 7) is 4.44. The molecule has 3 N–H and O–H groups in total. The second kappa shape index (κ2) is 9.65. The third-order valence-electron chi connectivity index (χ3n) is 6.66. The number of carboxylic acids is 1. The maximum atomic E-state index is 12.6. The van der Waals surface area contributed by atoms with Crippen molar-refractivity contribution in [3.8, 4) is 11.1 Å². The number of carboxylic acid groups (broad SMARTS) is 1. The van der Waals surface area contributed by atoms with E-state index in [9.17, 15) is 14.4 Å². The number of amides is 2. The Morgan fingerprint density at radius 1 is 1.03 bits per heavy atom. The maximum absolute atomic E-state index is 12.6. The van der Waals surface area contributed by atoms with Gasteiger partial charge in [-0.1, -0.05) is 62.4 Å². The van der Waals surface area contributed by atoms with Crippen molar-refractivity contribution in [2.75, 3.05) is 13.2 Å². The molecule has 0 bridgehead atoms. The summed E-state index contributed by atoms with van der Waals surface area (Å²) < 4.78 is 5.60. The van der Waals surface area contributed by atoms with Crippen LogP contribution in [0.25, 0.3) is 11.1 Å². The summed E-state index contributed by atoms with van der Waals surface area (Å²) in [5.41, 5.74) is 4.62. The smallest absolute Gasteiger partial charge is 0.407 e. The Kier molecular flexibility index (Phi) is 6.67. The summed E-state index contributed by atoms with van der Waals surface area (Å²) in [5.74, 6) is -1.37. The van der Waals surface area contributed by atoms with Crippen LogP contribution in [0, 0.1) is 17.8 Å². The fraction of sp³-hybridized carbons (Fsp3) is 0.423. The van der Waals surface area contributed by atoms with Crippen LogP contribution in [-0.4, -0.2) is 42.3 Å². The van der Waals surface area contributed by atoms with Gasteiger partial charge in [0.05, 0.1) is 5.92 Å². The molecule has 0 heterocycles. The van der Waals surface area contributed by atoms with Gasteiger partial charge in [0.15, 0.2) is 0 Å². The lowest BCUT2D eigenvalue weighted by atomic mass is 9.98. The van der Waals surface area contributed by atoms with Crippen molar-refractivity contribution in [2.24, 2.45) is 17.8 Å². The molecule has 7 nitrogen and oxygen atoms in total. The third kappa shape index (κ3) is 5.18. The van der Waals surface area contributed by atoms with Crippen molar-refractivity contribution in [3.63, 3.8) is 0 Å². The number of carbonyl (C=O) groups excluding carboxylic acids is 2. The summed E-state index contributed by atoms with van der Waals surface area (Å²) in [5, 5.41) is 14.6. The highest BCUT2D eigenvalue weighted by atomic mass is 16.5. The first-order chi connectivity index (χ1) is 15.8. The molecule has 3 atom stereocenters. The van der Waals surface area contributed by atoms with Crippen LogP contribution in [0.3, 0.4) is 0 Å². The van der Waals surface area contributed by atoms with Crippen LogP contribution in [0.15, 0.2) is 48.5 Å². The Morgan fingerprint density at radius 2 is 1.64 bits per heavy atom. The second-order valence-electron chi connectivity index (χ2n) is 9.27. The minimum atomic E-state index is -0.814. The molecule has 1 unspecified atom stereocenters. The molecule has 2 aliphatic rings. The number of hydrogen-bond acceptors (Lipinski definition) is 4. The molecule has 1 fully saturated rings. The zero-order valence-corrected chi connectivity index (χ0v) is 18.9. The predicted octanol–water partition coefficient (Wildman–Crippen LogP) is 3.78. The number of carbonyl (C=O) groups is 3. The number of nitrogens with one attached hydrogen (secondary N) is 2. The molecule has 0 aliphatic heterocycles. The van der Waals surface area contributed by atoms with Crippen molar-refractivity contribution < 1.29 is 24.2 Å². The van der Waals surface area contributed by atoms with Crippen LogP contribution in [0.4, 0.5) is 4.79 Å². The van der Waals surface area contributed by atoms with Gasteiger partial charge >= 0.3 is 12.1 Å². The van der Waals surface area contributed by atoms with Gasteiger partial charge in [-0.3, -0.25) is 9.59 Å². The van der Waals surface area contributed by atoms with Crippen molar-refractivity contribution in [1.29, 1.82) is 0 Å². The molecule has 0 radical (unpaired) electrons. The van der Waals surface area contributed by atoms with Gasteiger partial charge in [0.1, 0.15) is 6.61 Å². The molecule has 2 amide bonds. The van der Waals surface area contributed by atoms with Gasteiger partial charge in [-0.2, -0.15) is 0 Å². The Balaban J connectivity index is 1.30. The largest absolute Gasteiger partial charge is 0.481 e. The van der Waals surface area contributed by atoms with Crippen molar-refractivity contribution in [2.45, 2.75) is 38.6 Å². The molecule has 0 saturated heterocycles. The van der Waals surface area contributed by atoms with E-state index in [0.29, 0.717) is 13.0 Å². The first-order valence-electron chi connectivity index (χ1n) is 11.5. The summed E-state index contributed by atoms with van der Waals surface area (Å²) in [6.07, 6.45) is 0.171. The van der Waals surface area contributed by atoms with Gasteiger partial charge in [0, 0.05) is 24.9 Å². The first-order valence-corrected chi connectivity index (χ1v) is 11.5. The SMILES string of the molecule is CC(C)C(CC(=O)NC[C@H]1C[C@H]1C(=O)O)NC(=O)OCC1c2ccccc2-c2ccccc21. The summed E-state index contributed by atoms with van der Waals surface area (Å²) in [4.78, 5) is 35.8. The lowest BCUT2D eigenvalue weighted by Crippen LogP contribution is -2.43. The van der Waals surface area contributed by atoms with Crippen LogP contribution >= 0.6 is 0 Å². The average Bonchev–Trinajstić information content (AvgIpc) is 3.51. The molecule has 0 aromatic heterocycles. The van der Waals surface area contributed by atoms with E-state index >= 15 is 0 Å². The van der Waals surface area contributed by atoms with Crippen molar-refractivity contribution in [3.05, 3.63) is 59.7 Å². The molecule has 1 saturated carbocycles. The topological polar surface area (TPSA) is 105 Å². The molecule has 7 heteroatoms. The van der Waals surface area contributed by atoms with E-state index in [0.717, 1.165) is 11.1 Å². The van der Waals surface area contributed by atoms with E-state index in [4.69, 9.17) is 9.84 Å². The van der Waals surface area contributed by atoms with Gasteiger partial charge in [0.2, 0.25) is 5.91 Å². The molecule has 33 heavy (non-hydrogen) atoms. The van der Waals surface area contributed by atoms with Crippen LogP contribution in [-0.2, 0) is 14.3 Å². The molecular weight excluding hydrogens is 420 g/mol. The number of rotatable bonds is 9. The molecule has 0 spiro atoms. The number of hydrogen-bond donors (Lipinski definition) is 3. The summed E-state index contributed by atoms with van der Waals surface area (Å²) in [6, 6.07) is 15.9. The number of alkyl carbamates (subject to hydrolysis) is 1. The summed E-state index contributed by atoms with van der Waals surface area (Å²) in [7, 11) is 0. The number of aliphatic carboxylic acids is 1. The fourth-order valence-corrected chi connectivity index (χ4v) is 4.54. The lowest BCUT2D eigenvalue weighted by Gasteiger charge is -2.22. The van der Waals surface area contributed by atoms with Crippen LogP contribution in [0.2, 0.25) is 0 Å². The standard InChI is InChI=1S/C26H30N2O5/c1-15(2)23(12-24(29)27-13-16-11-21(16)25(30)31)28-26(32)33-14-22-19-9-5-3-7-17(19)18-8-4-6-10-20(18)22/h3-10,15-16,21-23H,11-14H2,1-2H3,(H,27,29)(H,28,32)(H,30,31)/t16-,21-,23?/m1/s1. The van der Waals surface area contributed by atoms with E-state index in [-0.39, 0.29) is 48.6 Å². The average molecular weight is 451 g/mol. The molecule has 2 aliphatic carbocycles. The summed E-state index contributed by atoms with van der Waals surface area (Å²) >= 11 is 0. The Hall–Kier alpha value is -3.35. The number of fused-ring (bicyclic) bond motifs is 3. The number of benzene rings is 2. The van der Waals surface area contributed by atoms with Gasteiger partial charge in [0.25, 0.3) is 0 Å². The Bertz CT molecular complexity index is 1000. The lowest BCUT2D eigenvalue weighted by molar-refractivity contribution is -0.139. The maximum Gasteiger partial charge on any atom is 0.407 e. The van der Waals surface area contributed by atoms with Crippen molar-refractivity contribution >= 4 is 18.0 Å². The highest BCUT2D eigenvalue weighted by Gasteiger charge is 2.43. The van der Waals surface area contributed by atoms with Gasteiger partial charge in [-0.15, -0.1) is 0 Å². The normalized spacial score (nSPS) is 19.4. The molecule has 2 aromatic carbocycles. The minimum Gasteiger partial charge on any atom is -0.481 e. The van der Waals surface area contributed by atoms with Gasteiger partial charge in [-0.05, 0) is 40.5 Å². The predicted molar refractivity (Wildman–Crippen MR) is 124 cm³/mol. The number of ether oxygens (including phenoxy) is 1.